The van der Waals surface area contributed by atoms with E-state index in [1.165, 1.54) is 11.3 Å². The summed E-state index contributed by atoms with van der Waals surface area (Å²) < 4.78 is 1.82. The van der Waals surface area contributed by atoms with Crippen molar-refractivity contribution in [3.8, 4) is 11.5 Å². The van der Waals surface area contributed by atoms with Gasteiger partial charge in [0.05, 0.1) is 6.20 Å². The standard InChI is InChI=1S/C8H6N6S/c9-8-11-5(4-15-8)7-13-12-6-3-10-1-2-14(6)7/h1-4H,(H2,9,11). The molecule has 3 aromatic rings. The highest BCUT2D eigenvalue weighted by Crippen LogP contribution is 2.21. The summed E-state index contributed by atoms with van der Waals surface area (Å²) in [4.78, 5) is 8.12. The first-order valence-corrected chi connectivity index (χ1v) is 5.09. The number of nitrogen functional groups attached to an aromatic ring is 1. The highest BCUT2D eigenvalue weighted by atomic mass is 32.1. The molecule has 0 spiro atoms. The second-order valence-corrected chi connectivity index (χ2v) is 3.79. The molecule has 0 aliphatic heterocycles. The fourth-order valence-corrected chi connectivity index (χ4v) is 1.86. The van der Waals surface area contributed by atoms with Gasteiger partial charge in [-0.05, 0) is 0 Å². The van der Waals surface area contributed by atoms with Crippen LogP contribution in [0.2, 0.25) is 0 Å². The number of nitrogens with two attached hydrogens (primary N) is 1. The molecule has 0 unspecified atom stereocenters. The van der Waals surface area contributed by atoms with Crippen molar-refractivity contribution in [3.63, 3.8) is 0 Å². The van der Waals surface area contributed by atoms with Gasteiger partial charge >= 0.3 is 0 Å². The van der Waals surface area contributed by atoms with E-state index in [0.717, 1.165) is 5.69 Å². The van der Waals surface area contributed by atoms with Gasteiger partial charge in [0.1, 0.15) is 5.69 Å². The Balaban J connectivity index is 2.27. The summed E-state index contributed by atoms with van der Waals surface area (Å²) in [6.07, 6.45) is 5.11. The van der Waals surface area contributed by atoms with Crippen molar-refractivity contribution in [2.75, 3.05) is 5.73 Å². The molecule has 2 N–H and O–H groups in total. The average molecular weight is 218 g/mol. The zero-order valence-electron chi connectivity index (χ0n) is 7.53. The smallest absolute Gasteiger partial charge is 0.188 e. The Morgan fingerprint density at radius 2 is 2.27 bits per heavy atom. The Labute approximate surface area is 88.4 Å². The lowest BCUT2D eigenvalue weighted by molar-refractivity contribution is 1.10. The quantitative estimate of drug-likeness (QED) is 0.654. The van der Waals surface area contributed by atoms with Gasteiger partial charge in [0.2, 0.25) is 0 Å². The van der Waals surface area contributed by atoms with Gasteiger partial charge in [-0.3, -0.25) is 9.38 Å². The van der Waals surface area contributed by atoms with Crippen LogP contribution in [0.15, 0.2) is 24.0 Å². The summed E-state index contributed by atoms with van der Waals surface area (Å²) in [5.74, 6) is 0.681. The molecule has 0 fully saturated rings. The highest BCUT2D eigenvalue weighted by Gasteiger charge is 2.10. The normalized spacial score (nSPS) is 10.9. The lowest BCUT2D eigenvalue weighted by Gasteiger charge is -1.93. The third-order valence-corrected chi connectivity index (χ3v) is 2.64. The number of nitrogens with zero attached hydrogens (tertiary/aromatic N) is 5. The van der Waals surface area contributed by atoms with Crippen LogP contribution in [0.3, 0.4) is 0 Å². The fourth-order valence-electron chi connectivity index (χ4n) is 1.32. The molecule has 0 aliphatic rings. The summed E-state index contributed by atoms with van der Waals surface area (Å²) in [6, 6.07) is 0. The highest BCUT2D eigenvalue weighted by molar-refractivity contribution is 7.13. The third kappa shape index (κ3) is 1.24. The summed E-state index contributed by atoms with van der Waals surface area (Å²) in [5, 5.41) is 10.4. The van der Waals surface area contributed by atoms with Crippen LogP contribution in [-0.4, -0.2) is 24.6 Å². The second-order valence-electron chi connectivity index (χ2n) is 2.90. The van der Waals surface area contributed by atoms with E-state index in [4.69, 9.17) is 5.73 Å². The van der Waals surface area contributed by atoms with Crippen molar-refractivity contribution in [2.24, 2.45) is 0 Å². The van der Waals surface area contributed by atoms with E-state index in [-0.39, 0.29) is 0 Å². The molecule has 3 aromatic heterocycles. The van der Waals surface area contributed by atoms with E-state index >= 15 is 0 Å². The van der Waals surface area contributed by atoms with Crippen LogP contribution in [0.25, 0.3) is 17.2 Å². The van der Waals surface area contributed by atoms with E-state index in [1.807, 2.05) is 9.78 Å². The molecule has 0 atom stereocenters. The van der Waals surface area contributed by atoms with Gasteiger partial charge in [-0.25, -0.2) is 4.98 Å². The van der Waals surface area contributed by atoms with Crippen molar-refractivity contribution >= 4 is 22.1 Å². The lowest BCUT2D eigenvalue weighted by atomic mass is 10.4. The van der Waals surface area contributed by atoms with Gasteiger partial charge in [-0.15, -0.1) is 21.5 Å². The van der Waals surface area contributed by atoms with Crippen LogP contribution in [0.5, 0.6) is 0 Å². The van der Waals surface area contributed by atoms with Crippen LogP contribution in [-0.2, 0) is 0 Å². The number of fused-ring (bicyclic) bond motifs is 1. The molecule has 0 aromatic carbocycles. The maximum absolute atomic E-state index is 5.57. The van der Waals surface area contributed by atoms with Gasteiger partial charge < -0.3 is 5.73 Å². The van der Waals surface area contributed by atoms with Gasteiger partial charge in [0.15, 0.2) is 16.6 Å². The average Bonchev–Trinajstić information content (AvgIpc) is 2.83. The van der Waals surface area contributed by atoms with E-state index in [9.17, 15) is 0 Å². The van der Waals surface area contributed by atoms with Crippen molar-refractivity contribution in [3.05, 3.63) is 24.0 Å². The number of hydrogen-bond donors (Lipinski definition) is 1. The van der Waals surface area contributed by atoms with Gasteiger partial charge in [0, 0.05) is 17.8 Å². The Morgan fingerprint density at radius 3 is 3.07 bits per heavy atom. The number of anilines is 1. The van der Waals surface area contributed by atoms with Crippen LogP contribution >= 0.6 is 11.3 Å². The molecule has 0 saturated heterocycles. The predicted octanol–water partition coefficient (Wildman–Crippen LogP) is 0.830. The molecular weight excluding hydrogens is 212 g/mol. The summed E-state index contributed by atoms with van der Waals surface area (Å²) in [5.41, 5.74) is 6.99. The van der Waals surface area contributed by atoms with Crippen molar-refractivity contribution in [1.29, 1.82) is 0 Å². The first kappa shape index (κ1) is 8.30. The molecule has 0 radical (unpaired) electrons. The molecule has 0 saturated carbocycles. The van der Waals surface area contributed by atoms with Gasteiger partial charge in [0.25, 0.3) is 0 Å². The zero-order valence-corrected chi connectivity index (χ0v) is 8.35. The van der Waals surface area contributed by atoms with Crippen LogP contribution in [0.1, 0.15) is 0 Å². The first-order chi connectivity index (χ1) is 7.34. The zero-order chi connectivity index (χ0) is 10.3. The Kier molecular flexibility index (Phi) is 1.65. The number of aromatic nitrogens is 5. The summed E-state index contributed by atoms with van der Waals surface area (Å²) in [7, 11) is 0. The monoisotopic (exact) mass is 218 g/mol. The minimum absolute atomic E-state index is 0.524. The molecular formula is C8H6N6S. The maximum atomic E-state index is 5.57. The van der Waals surface area contributed by atoms with Crippen molar-refractivity contribution in [2.45, 2.75) is 0 Å². The fraction of sp³-hybridized carbons (Fsp3) is 0. The molecule has 74 valence electrons. The Bertz CT molecular complexity index is 612. The lowest BCUT2D eigenvalue weighted by Crippen LogP contribution is -1.90. The Morgan fingerprint density at radius 1 is 1.33 bits per heavy atom. The summed E-state index contributed by atoms with van der Waals surface area (Å²) in [6.45, 7) is 0. The number of rotatable bonds is 1. The van der Waals surface area contributed by atoms with E-state index < -0.39 is 0 Å². The molecule has 0 aliphatic carbocycles. The molecule has 3 rings (SSSR count). The largest absolute Gasteiger partial charge is 0.375 e. The van der Waals surface area contributed by atoms with Crippen LogP contribution < -0.4 is 5.73 Å². The molecule has 7 heteroatoms. The minimum Gasteiger partial charge on any atom is -0.375 e. The second kappa shape index (κ2) is 2.99. The minimum atomic E-state index is 0.524. The topological polar surface area (TPSA) is 82.0 Å². The van der Waals surface area contributed by atoms with Crippen LogP contribution in [0, 0.1) is 0 Å². The van der Waals surface area contributed by atoms with E-state index in [1.54, 1.807) is 18.6 Å². The van der Waals surface area contributed by atoms with Gasteiger partial charge in [-0.2, -0.15) is 0 Å². The van der Waals surface area contributed by atoms with E-state index in [2.05, 4.69) is 20.2 Å². The SMILES string of the molecule is Nc1nc(-c2nnc3cnccn23)cs1. The van der Waals surface area contributed by atoms with Crippen molar-refractivity contribution in [1.82, 2.24) is 24.6 Å². The van der Waals surface area contributed by atoms with Crippen molar-refractivity contribution < 1.29 is 0 Å². The maximum Gasteiger partial charge on any atom is 0.188 e. The molecule has 6 nitrogen and oxygen atoms in total. The molecule has 3 heterocycles. The van der Waals surface area contributed by atoms with E-state index in [0.29, 0.717) is 16.6 Å². The predicted molar refractivity (Wildman–Crippen MR) is 56.3 cm³/mol. The van der Waals surface area contributed by atoms with Crippen LogP contribution in [0.4, 0.5) is 5.13 Å². The summed E-state index contributed by atoms with van der Waals surface area (Å²) >= 11 is 1.38. The Hall–Kier alpha value is -2.02. The third-order valence-electron chi connectivity index (χ3n) is 1.97. The molecule has 0 bridgehead atoms. The van der Waals surface area contributed by atoms with Gasteiger partial charge in [-0.1, -0.05) is 0 Å². The number of thiazole rings is 1. The molecule has 15 heavy (non-hydrogen) atoms. The molecule has 0 amide bonds. The number of hydrogen-bond acceptors (Lipinski definition) is 6. The first-order valence-electron chi connectivity index (χ1n) is 4.21.